The molecule has 1 aromatic heterocycles. The number of para-hydroxylation sites is 1. The molecule has 8 N–H and O–H groups in total. The zero-order valence-corrected chi connectivity index (χ0v) is 22.2. The van der Waals surface area contributed by atoms with Crippen molar-refractivity contribution >= 4 is 53.2 Å². The summed E-state index contributed by atoms with van der Waals surface area (Å²) in [6, 6.07) is 2.77. The number of aromatic amines is 1. The van der Waals surface area contributed by atoms with E-state index in [1.807, 2.05) is 24.3 Å². The number of thiol groups is 1. The highest BCUT2D eigenvalue weighted by Gasteiger charge is 2.30. The standard InChI is InChI=1S/C25H35N5O7S/c1-13(2)9-19(25(36)37)29-24(35)20(12-38)30-23(34)18(7-8-21(31)32)28-22(33)16(26)10-14-11-27-17-6-4-3-5-15(14)17/h3-6,11,13,16,18-20,27,38H,7-10,12,26H2,1-2H3,(H,28,33)(H,29,35)(H,30,34)(H,31,32)(H,36,37). The summed E-state index contributed by atoms with van der Waals surface area (Å²) in [6.07, 6.45) is 1.41. The van der Waals surface area contributed by atoms with Gasteiger partial charge in [0.1, 0.15) is 18.1 Å². The number of benzene rings is 1. The van der Waals surface area contributed by atoms with Gasteiger partial charge in [-0.05, 0) is 36.8 Å². The number of aromatic nitrogens is 1. The van der Waals surface area contributed by atoms with Gasteiger partial charge in [0.2, 0.25) is 17.7 Å². The number of aliphatic carboxylic acids is 2. The van der Waals surface area contributed by atoms with Crippen LogP contribution in [0.15, 0.2) is 30.5 Å². The van der Waals surface area contributed by atoms with E-state index >= 15 is 0 Å². The van der Waals surface area contributed by atoms with Crippen molar-refractivity contribution in [1.82, 2.24) is 20.9 Å². The summed E-state index contributed by atoms with van der Waals surface area (Å²) in [6.45, 7) is 3.61. The number of nitrogens with two attached hydrogens (primary N) is 1. The topological polar surface area (TPSA) is 204 Å². The molecule has 2 rings (SSSR count). The Labute approximate surface area is 225 Å². The Morgan fingerprint density at radius 1 is 0.947 bits per heavy atom. The van der Waals surface area contributed by atoms with Crippen LogP contribution in [0.3, 0.4) is 0 Å². The maximum absolute atomic E-state index is 13.0. The normalized spacial score (nSPS) is 14.3. The third-order valence-corrected chi connectivity index (χ3v) is 6.23. The highest BCUT2D eigenvalue weighted by atomic mass is 32.1. The lowest BCUT2D eigenvalue weighted by molar-refractivity contribution is -0.142. The second-order valence-corrected chi connectivity index (χ2v) is 9.80. The van der Waals surface area contributed by atoms with E-state index in [-0.39, 0.29) is 30.9 Å². The highest BCUT2D eigenvalue weighted by molar-refractivity contribution is 7.80. The zero-order chi connectivity index (χ0) is 28.4. The summed E-state index contributed by atoms with van der Waals surface area (Å²) in [5, 5.41) is 26.7. The van der Waals surface area contributed by atoms with Crippen LogP contribution < -0.4 is 21.7 Å². The van der Waals surface area contributed by atoms with Crippen LogP contribution in [0.1, 0.15) is 38.7 Å². The maximum Gasteiger partial charge on any atom is 0.326 e. The monoisotopic (exact) mass is 549 g/mol. The van der Waals surface area contributed by atoms with Crippen LogP contribution in [-0.4, -0.2) is 74.8 Å². The van der Waals surface area contributed by atoms with Gasteiger partial charge < -0.3 is 36.9 Å². The SMILES string of the molecule is CC(C)CC(NC(=O)C(CS)NC(=O)C(CCC(=O)O)NC(=O)C(N)Cc1c[nH]c2ccccc12)C(=O)O. The van der Waals surface area contributed by atoms with Gasteiger partial charge in [-0.15, -0.1) is 0 Å². The predicted octanol–water partition coefficient (Wildman–Crippen LogP) is 0.417. The number of rotatable bonds is 15. The smallest absolute Gasteiger partial charge is 0.326 e. The van der Waals surface area contributed by atoms with E-state index in [2.05, 4.69) is 33.6 Å². The lowest BCUT2D eigenvalue weighted by Crippen LogP contribution is -2.58. The quantitative estimate of drug-likeness (QED) is 0.146. The Balaban J connectivity index is 2.08. The van der Waals surface area contributed by atoms with Gasteiger partial charge >= 0.3 is 11.9 Å². The molecule has 0 saturated carbocycles. The predicted molar refractivity (Wildman–Crippen MR) is 144 cm³/mol. The minimum absolute atomic E-state index is 0.00970. The first kappa shape index (κ1) is 30.6. The van der Waals surface area contributed by atoms with E-state index in [1.165, 1.54) is 0 Å². The molecular weight excluding hydrogens is 514 g/mol. The molecule has 0 aliphatic carbocycles. The number of carboxylic acids is 2. The van der Waals surface area contributed by atoms with Crippen molar-refractivity contribution in [3.8, 4) is 0 Å². The van der Waals surface area contributed by atoms with Gasteiger partial charge in [0.25, 0.3) is 0 Å². The number of carboxylic acid groups (broad SMARTS) is 2. The number of nitrogens with one attached hydrogen (secondary N) is 4. The molecule has 0 bridgehead atoms. The Morgan fingerprint density at radius 3 is 2.16 bits per heavy atom. The molecule has 0 fully saturated rings. The first-order valence-electron chi connectivity index (χ1n) is 12.2. The van der Waals surface area contributed by atoms with Gasteiger partial charge in [-0.1, -0.05) is 32.0 Å². The van der Waals surface area contributed by atoms with Crippen molar-refractivity contribution in [3.63, 3.8) is 0 Å². The van der Waals surface area contributed by atoms with Crippen LogP contribution in [0.4, 0.5) is 0 Å². The summed E-state index contributed by atoms with van der Waals surface area (Å²) in [7, 11) is 0. The number of hydrogen-bond donors (Lipinski definition) is 8. The minimum Gasteiger partial charge on any atom is -0.481 e. The van der Waals surface area contributed by atoms with Crippen molar-refractivity contribution in [2.45, 2.75) is 63.7 Å². The molecule has 2 aromatic rings. The number of fused-ring (bicyclic) bond motifs is 1. The van der Waals surface area contributed by atoms with Gasteiger partial charge in [-0.25, -0.2) is 4.79 Å². The number of hydrogen-bond acceptors (Lipinski definition) is 7. The second-order valence-electron chi connectivity index (χ2n) is 9.44. The molecule has 4 unspecified atom stereocenters. The Kier molecular flexibility index (Phi) is 11.6. The molecule has 0 aliphatic rings. The highest BCUT2D eigenvalue weighted by Crippen LogP contribution is 2.19. The average molecular weight is 550 g/mol. The molecule has 0 saturated heterocycles. The molecule has 0 radical (unpaired) electrons. The number of amides is 3. The molecule has 1 aromatic carbocycles. The van der Waals surface area contributed by atoms with E-state index in [9.17, 15) is 29.1 Å². The summed E-state index contributed by atoms with van der Waals surface area (Å²) in [5.41, 5.74) is 7.78. The summed E-state index contributed by atoms with van der Waals surface area (Å²) in [4.78, 5) is 64.2. The molecule has 38 heavy (non-hydrogen) atoms. The Hall–Kier alpha value is -3.58. The fourth-order valence-electron chi connectivity index (χ4n) is 3.88. The molecule has 0 aliphatic heterocycles. The molecular formula is C25H35N5O7S. The van der Waals surface area contributed by atoms with Gasteiger partial charge in [0.15, 0.2) is 0 Å². The van der Waals surface area contributed by atoms with Gasteiger partial charge in [-0.2, -0.15) is 12.6 Å². The van der Waals surface area contributed by atoms with E-state index in [4.69, 9.17) is 10.8 Å². The third-order valence-electron chi connectivity index (χ3n) is 5.87. The summed E-state index contributed by atoms with van der Waals surface area (Å²) >= 11 is 4.08. The second kappa shape index (κ2) is 14.4. The molecule has 0 spiro atoms. The van der Waals surface area contributed by atoms with Crippen LogP contribution in [0.2, 0.25) is 0 Å². The third kappa shape index (κ3) is 9.06. The molecule has 12 nitrogen and oxygen atoms in total. The summed E-state index contributed by atoms with van der Waals surface area (Å²) < 4.78 is 0. The first-order chi connectivity index (χ1) is 17.9. The largest absolute Gasteiger partial charge is 0.481 e. The van der Waals surface area contributed by atoms with Crippen molar-refractivity contribution in [3.05, 3.63) is 36.0 Å². The lowest BCUT2D eigenvalue weighted by atomic mass is 10.0. The molecule has 3 amide bonds. The van der Waals surface area contributed by atoms with E-state index in [1.54, 1.807) is 20.0 Å². The van der Waals surface area contributed by atoms with Crippen molar-refractivity contribution in [2.75, 3.05) is 5.75 Å². The van der Waals surface area contributed by atoms with E-state index in [0.29, 0.717) is 0 Å². The summed E-state index contributed by atoms with van der Waals surface area (Å²) in [5.74, 6) is -4.82. The Bertz CT molecular complexity index is 1150. The van der Waals surface area contributed by atoms with Crippen molar-refractivity contribution < 1.29 is 34.2 Å². The number of H-pyrrole nitrogens is 1. The van der Waals surface area contributed by atoms with Crippen LogP contribution >= 0.6 is 12.6 Å². The van der Waals surface area contributed by atoms with Crippen LogP contribution in [-0.2, 0) is 30.4 Å². The Morgan fingerprint density at radius 2 is 1.55 bits per heavy atom. The van der Waals surface area contributed by atoms with E-state index < -0.39 is 60.2 Å². The van der Waals surface area contributed by atoms with Gasteiger partial charge in [0.05, 0.1) is 6.04 Å². The number of carbonyl (C=O) groups is 5. The van der Waals surface area contributed by atoms with Crippen LogP contribution in [0.25, 0.3) is 10.9 Å². The fraction of sp³-hybridized carbons (Fsp3) is 0.480. The average Bonchev–Trinajstić information content (AvgIpc) is 3.26. The molecule has 13 heteroatoms. The molecule has 1 heterocycles. The van der Waals surface area contributed by atoms with Crippen LogP contribution in [0.5, 0.6) is 0 Å². The fourth-order valence-corrected chi connectivity index (χ4v) is 4.13. The van der Waals surface area contributed by atoms with Crippen molar-refractivity contribution in [1.29, 1.82) is 0 Å². The number of carbonyl (C=O) groups excluding carboxylic acids is 3. The maximum atomic E-state index is 13.0. The van der Waals surface area contributed by atoms with Gasteiger partial charge in [0, 0.05) is 29.3 Å². The molecule has 4 atom stereocenters. The van der Waals surface area contributed by atoms with E-state index in [0.717, 1.165) is 16.5 Å². The zero-order valence-electron chi connectivity index (χ0n) is 21.3. The lowest BCUT2D eigenvalue weighted by Gasteiger charge is -2.24. The minimum atomic E-state index is -1.30. The van der Waals surface area contributed by atoms with Crippen molar-refractivity contribution in [2.24, 2.45) is 11.7 Å². The van der Waals surface area contributed by atoms with Gasteiger partial charge in [-0.3, -0.25) is 19.2 Å². The first-order valence-corrected chi connectivity index (χ1v) is 12.8. The molecule has 208 valence electrons. The van der Waals surface area contributed by atoms with Crippen LogP contribution in [0, 0.1) is 5.92 Å².